The molecule has 0 fully saturated rings. The number of aromatic nitrogens is 1. The van der Waals surface area contributed by atoms with Gasteiger partial charge in [-0.25, -0.2) is 0 Å². The molecule has 0 bridgehead atoms. The van der Waals surface area contributed by atoms with Crippen LogP contribution in [0.5, 0.6) is 0 Å². The molecule has 0 N–H and O–H groups in total. The van der Waals surface area contributed by atoms with E-state index in [0.29, 0.717) is 6.61 Å². The molecular formula is C24H33NO. The molecule has 0 spiro atoms. The van der Waals surface area contributed by atoms with Crippen LogP contribution in [-0.2, 0) is 11.2 Å². The first-order chi connectivity index (χ1) is 12.8. The maximum Gasteiger partial charge on any atom is 0.132 e. The molecule has 0 amide bonds. The largest absolute Gasteiger partial charge is 0.346 e. The van der Waals surface area contributed by atoms with E-state index >= 15 is 0 Å². The molecular weight excluding hydrogens is 318 g/mol. The van der Waals surface area contributed by atoms with Crippen molar-refractivity contribution in [2.75, 3.05) is 6.61 Å². The van der Waals surface area contributed by atoms with Crippen LogP contribution in [0.3, 0.4) is 0 Å². The third kappa shape index (κ3) is 6.07. The SMILES string of the molecule is C#CCO[C@H](C)n1ccc(CCCCCCCCC)c1-c1ccccc1. The molecule has 26 heavy (non-hydrogen) atoms. The lowest BCUT2D eigenvalue weighted by Gasteiger charge is -2.18. The molecule has 0 unspecified atom stereocenters. The summed E-state index contributed by atoms with van der Waals surface area (Å²) in [6.07, 6.45) is 17.9. The lowest BCUT2D eigenvalue weighted by molar-refractivity contribution is 0.0396. The number of benzene rings is 1. The molecule has 1 heterocycles. The van der Waals surface area contributed by atoms with Crippen LogP contribution < -0.4 is 0 Å². The van der Waals surface area contributed by atoms with Gasteiger partial charge < -0.3 is 9.30 Å². The maximum absolute atomic E-state index is 5.76. The number of aryl methyl sites for hydroxylation is 1. The molecule has 2 aromatic rings. The highest BCUT2D eigenvalue weighted by Crippen LogP contribution is 2.29. The Morgan fingerprint density at radius 2 is 1.69 bits per heavy atom. The summed E-state index contributed by atoms with van der Waals surface area (Å²) in [4.78, 5) is 0. The van der Waals surface area contributed by atoms with Crippen molar-refractivity contribution in [3.05, 3.63) is 48.2 Å². The fraction of sp³-hybridized carbons (Fsp3) is 0.500. The molecule has 1 aromatic carbocycles. The first-order valence-corrected chi connectivity index (χ1v) is 10.1. The van der Waals surface area contributed by atoms with Gasteiger partial charge in [0.2, 0.25) is 0 Å². The molecule has 0 aliphatic rings. The minimum Gasteiger partial charge on any atom is -0.346 e. The van der Waals surface area contributed by atoms with E-state index in [4.69, 9.17) is 11.2 Å². The van der Waals surface area contributed by atoms with E-state index in [2.05, 4.69) is 66.9 Å². The molecule has 0 saturated carbocycles. The smallest absolute Gasteiger partial charge is 0.132 e. The second-order valence-electron chi connectivity index (χ2n) is 6.95. The van der Waals surface area contributed by atoms with E-state index in [9.17, 15) is 0 Å². The summed E-state index contributed by atoms with van der Waals surface area (Å²) >= 11 is 0. The number of nitrogens with zero attached hydrogens (tertiary/aromatic N) is 1. The topological polar surface area (TPSA) is 14.2 Å². The van der Waals surface area contributed by atoms with Gasteiger partial charge in [-0.3, -0.25) is 0 Å². The molecule has 0 aliphatic heterocycles. The molecule has 0 aliphatic carbocycles. The summed E-state index contributed by atoms with van der Waals surface area (Å²) in [5.74, 6) is 2.56. The maximum atomic E-state index is 5.76. The zero-order valence-electron chi connectivity index (χ0n) is 16.4. The van der Waals surface area contributed by atoms with E-state index < -0.39 is 0 Å². The highest BCUT2D eigenvalue weighted by Gasteiger charge is 2.15. The molecule has 0 saturated heterocycles. The highest BCUT2D eigenvalue weighted by molar-refractivity contribution is 5.64. The van der Waals surface area contributed by atoms with Gasteiger partial charge in [-0.1, -0.05) is 81.7 Å². The fourth-order valence-electron chi connectivity index (χ4n) is 3.45. The van der Waals surface area contributed by atoms with Crippen molar-refractivity contribution in [2.24, 2.45) is 0 Å². The van der Waals surface area contributed by atoms with Crippen LogP contribution in [-0.4, -0.2) is 11.2 Å². The van der Waals surface area contributed by atoms with E-state index in [0.717, 1.165) is 6.42 Å². The standard InChI is InChI=1S/C24H33NO/c1-4-6-7-8-9-10-12-17-23-18-19-25(21(3)26-20-5-2)24(23)22-15-13-11-14-16-22/h2,11,13-16,18-19,21H,4,6-10,12,17,20H2,1,3H3/t21-/m1/s1. The Morgan fingerprint density at radius 3 is 2.38 bits per heavy atom. The second-order valence-corrected chi connectivity index (χ2v) is 6.95. The molecule has 2 heteroatoms. The van der Waals surface area contributed by atoms with Crippen molar-refractivity contribution in [3.63, 3.8) is 0 Å². The fourth-order valence-corrected chi connectivity index (χ4v) is 3.45. The van der Waals surface area contributed by atoms with Gasteiger partial charge in [0.25, 0.3) is 0 Å². The summed E-state index contributed by atoms with van der Waals surface area (Å²) < 4.78 is 7.97. The van der Waals surface area contributed by atoms with Crippen molar-refractivity contribution in [3.8, 4) is 23.6 Å². The van der Waals surface area contributed by atoms with E-state index in [-0.39, 0.29) is 6.23 Å². The van der Waals surface area contributed by atoms with Crippen LogP contribution in [0, 0.1) is 12.3 Å². The van der Waals surface area contributed by atoms with Gasteiger partial charge in [0, 0.05) is 6.20 Å². The Kier molecular flexibility index (Phi) is 9.07. The number of rotatable bonds is 12. The van der Waals surface area contributed by atoms with Crippen molar-refractivity contribution < 1.29 is 4.74 Å². The molecule has 2 rings (SSSR count). The van der Waals surface area contributed by atoms with E-state index in [1.807, 2.05) is 0 Å². The first kappa shape index (κ1) is 20.3. The average molecular weight is 352 g/mol. The van der Waals surface area contributed by atoms with Crippen molar-refractivity contribution in [1.29, 1.82) is 0 Å². The van der Waals surface area contributed by atoms with Gasteiger partial charge in [-0.2, -0.15) is 0 Å². The minimum absolute atomic E-state index is 0.0657. The first-order valence-electron chi connectivity index (χ1n) is 10.1. The Morgan fingerprint density at radius 1 is 1.00 bits per heavy atom. The second kappa shape index (κ2) is 11.6. The van der Waals surface area contributed by atoms with Crippen LogP contribution in [0.25, 0.3) is 11.3 Å². The van der Waals surface area contributed by atoms with Gasteiger partial charge >= 0.3 is 0 Å². The molecule has 1 atom stereocenters. The van der Waals surface area contributed by atoms with E-state index in [1.54, 1.807) is 0 Å². The zero-order chi connectivity index (χ0) is 18.6. The van der Waals surface area contributed by atoms with Gasteiger partial charge in [0.15, 0.2) is 0 Å². The van der Waals surface area contributed by atoms with Gasteiger partial charge in [0.1, 0.15) is 12.8 Å². The molecule has 1 aromatic heterocycles. The normalized spacial score (nSPS) is 12.0. The minimum atomic E-state index is -0.0657. The van der Waals surface area contributed by atoms with Crippen molar-refractivity contribution >= 4 is 0 Å². The number of unbranched alkanes of at least 4 members (excludes halogenated alkanes) is 6. The van der Waals surface area contributed by atoms with Crippen LogP contribution >= 0.6 is 0 Å². The average Bonchev–Trinajstić information content (AvgIpc) is 3.10. The van der Waals surface area contributed by atoms with Crippen molar-refractivity contribution in [2.45, 2.75) is 71.4 Å². The number of hydrogen-bond donors (Lipinski definition) is 0. The van der Waals surface area contributed by atoms with Gasteiger partial charge in [-0.15, -0.1) is 6.42 Å². The monoisotopic (exact) mass is 351 g/mol. The third-order valence-corrected chi connectivity index (χ3v) is 4.90. The number of terminal acetylenes is 1. The highest BCUT2D eigenvalue weighted by atomic mass is 16.5. The summed E-state index contributed by atoms with van der Waals surface area (Å²) in [5, 5.41) is 0. The molecule has 2 nitrogen and oxygen atoms in total. The molecule has 140 valence electrons. The number of hydrogen-bond acceptors (Lipinski definition) is 1. The predicted molar refractivity (Wildman–Crippen MR) is 111 cm³/mol. The Balaban J connectivity index is 2.04. The number of ether oxygens (including phenoxy) is 1. The Bertz CT molecular complexity index is 665. The Hall–Kier alpha value is -1.98. The molecule has 0 radical (unpaired) electrons. The lowest BCUT2D eigenvalue weighted by atomic mass is 10.0. The van der Waals surface area contributed by atoms with Crippen molar-refractivity contribution in [1.82, 2.24) is 4.57 Å². The Labute approximate surface area is 159 Å². The quantitative estimate of drug-likeness (QED) is 0.310. The van der Waals surface area contributed by atoms with Gasteiger partial charge in [-0.05, 0) is 37.0 Å². The summed E-state index contributed by atoms with van der Waals surface area (Å²) in [5.41, 5.74) is 3.91. The summed E-state index contributed by atoms with van der Waals surface area (Å²) in [6, 6.07) is 12.8. The summed E-state index contributed by atoms with van der Waals surface area (Å²) in [6.45, 7) is 4.66. The van der Waals surface area contributed by atoms with Crippen LogP contribution in [0.15, 0.2) is 42.6 Å². The third-order valence-electron chi connectivity index (χ3n) is 4.90. The van der Waals surface area contributed by atoms with Gasteiger partial charge in [0.05, 0.1) is 5.69 Å². The zero-order valence-corrected chi connectivity index (χ0v) is 16.4. The lowest BCUT2D eigenvalue weighted by Crippen LogP contribution is -2.10. The van der Waals surface area contributed by atoms with Crippen LogP contribution in [0.2, 0.25) is 0 Å². The predicted octanol–water partition coefficient (Wildman–Crippen LogP) is 6.62. The van der Waals surface area contributed by atoms with Crippen LogP contribution in [0.1, 0.15) is 70.6 Å². The summed E-state index contributed by atoms with van der Waals surface area (Å²) in [7, 11) is 0. The van der Waals surface area contributed by atoms with E-state index in [1.165, 1.54) is 61.8 Å². The van der Waals surface area contributed by atoms with Crippen LogP contribution in [0.4, 0.5) is 0 Å².